The van der Waals surface area contributed by atoms with E-state index in [1.165, 1.54) is 96.3 Å². The summed E-state index contributed by atoms with van der Waals surface area (Å²) in [6, 6.07) is -1.00. The number of aliphatic hydroxyl groups excluding tert-OH is 2. The van der Waals surface area contributed by atoms with Gasteiger partial charge in [-0.3, -0.25) is 13.8 Å². The molecule has 0 fully saturated rings. The fraction of sp³-hybridized carbons (Fsp3) is 0.825. The second-order valence-electron chi connectivity index (χ2n) is 13.7. The fourth-order valence-electron chi connectivity index (χ4n) is 5.68. The molecule has 0 saturated heterocycles. The summed E-state index contributed by atoms with van der Waals surface area (Å²) in [5.41, 5.74) is 5.34. The molecule has 0 bridgehead atoms. The minimum absolute atomic E-state index is 0.0423. The lowest BCUT2D eigenvalue weighted by Crippen LogP contribution is -2.46. The van der Waals surface area contributed by atoms with Crippen molar-refractivity contribution < 1.29 is 33.5 Å². The van der Waals surface area contributed by atoms with Crippen LogP contribution in [0.3, 0.4) is 0 Å². The van der Waals surface area contributed by atoms with Crippen LogP contribution in [-0.4, -0.2) is 59.0 Å². The Morgan fingerprint density at radius 1 is 0.680 bits per heavy atom. The van der Waals surface area contributed by atoms with E-state index < -0.39 is 38.6 Å². The normalized spacial score (nSPS) is 15.2. The second kappa shape index (κ2) is 36.1. The third-order valence-electron chi connectivity index (χ3n) is 8.75. The zero-order valence-corrected chi connectivity index (χ0v) is 32.9. The number of nitrogens with one attached hydrogen (secondary N) is 1. The van der Waals surface area contributed by atoms with Crippen molar-refractivity contribution in [2.45, 2.75) is 193 Å². The van der Waals surface area contributed by atoms with Gasteiger partial charge in [-0.1, -0.05) is 159 Å². The van der Waals surface area contributed by atoms with Crippen molar-refractivity contribution >= 4 is 13.7 Å². The lowest BCUT2D eigenvalue weighted by Gasteiger charge is -2.24. The quantitative estimate of drug-likeness (QED) is 0.0241. The number of carbonyl (C=O) groups excluding carboxylic acids is 1. The van der Waals surface area contributed by atoms with Crippen LogP contribution in [0.15, 0.2) is 36.5 Å². The number of hydrogen-bond acceptors (Lipinski definition) is 7. The molecule has 0 aliphatic heterocycles. The molecule has 0 spiro atoms. The maximum atomic E-state index is 12.7. The molecule has 0 aromatic rings. The number of aliphatic hydroxyl groups is 2. The summed E-state index contributed by atoms with van der Waals surface area (Å²) in [6.45, 7) is 3.88. The van der Waals surface area contributed by atoms with Crippen LogP contribution < -0.4 is 11.1 Å². The maximum absolute atomic E-state index is 12.7. The third kappa shape index (κ3) is 33.8. The molecule has 4 unspecified atom stereocenters. The maximum Gasteiger partial charge on any atom is 0.472 e. The molecular weight excluding hydrogens is 651 g/mol. The van der Waals surface area contributed by atoms with Crippen molar-refractivity contribution in [2.24, 2.45) is 5.73 Å². The zero-order valence-electron chi connectivity index (χ0n) is 32.0. The summed E-state index contributed by atoms with van der Waals surface area (Å²) in [5.74, 6) is -0.465. The van der Waals surface area contributed by atoms with Gasteiger partial charge >= 0.3 is 7.82 Å². The highest BCUT2D eigenvalue weighted by molar-refractivity contribution is 7.47. The standard InChI is InChI=1S/C40H77N2O7P/c1-3-5-7-9-11-12-13-14-15-16-17-18-19-20-21-22-23-24-26-28-30-32-39(44)38(36-49-50(46,47)48-34-33-41)42-40(45)35-37(43)31-29-27-25-10-8-6-4-2/h19-20,23-24,30,32,37-39,43-44H,3-18,21-22,25-29,31,33-36,41H2,1-2H3,(H,42,45)(H,46,47)/b20-19+,24-23+,32-30+. The Morgan fingerprint density at radius 2 is 1.14 bits per heavy atom. The molecule has 0 aliphatic rings. The van der Waals surface area contributed by atoms with Crippen LogP contribution in [-0.2, 0) is 18.4 Å². The summed E-state index contributed by atoms with van der Waals surface area (Å²) in [4.78, 5) is 22.6. The Kier molecular flexibility index (Phi) is 35.1. The molecule has 9 nitrogen and oxygen atoms in total. The molecule has 6 N–H and O–H groups in total. The van der Waals surface area contributed by atoms with E-state index in [1.54, 1.807) is 6.08 Å². The van der Waals surface area contributed by atoms with Crippen molar-refractivity contribution in [3.8, 4) is 0 Å². The van der Waals surface area contributed by atoms with Gasteiger partial charge < -0.3 is 26.2 Å². The highest BCUT2D eigenvalue weighted by Crippen LogP contribution is 2.43. The van der Waals surface area contributed by atoms with Crippen LogP contribution in [0.25, 0.3) is 0 Å². The highest BCUT2D eigenvalue weighted by atomic mass is 31.2. The summed E-state index contributed by atoms with van der Waals surface area (Å²) < 4.78 is 21.9. The van der Waals surface area contributed by atoms with Gasteiger partial charge in [0.1, 0.15) is 0 Å². The molecule has 0 aliphatic carbocycles. The van der Waals surface area contributed by atoms with Crippen molar-refractivity contribution in [3.05, 3.63) is 36.5 Å². The molecule has 4 atom stereocenters. The summed E-state index contributed by atoms with van der Waals surface area (Å²) in [6.07, 6.45) is 38.3. The highest BCUT2D eigenvalue weighted by Gasteiger charge is 2.27. The van der Waals surface area contributed by atoms with Crippen LogP contribution in [0.4, 0.5) is 0 Å². The van der Waals surface area contributed by atoms with E-state index in [2.05, 4.69) is 43.5 Å². The number of amides is 1. The summed E-state index contributed by atoms with van der Waals surface area (Å²) in [5, 5.41) is 23.8. The average molecular weight is 729 g/mol. The van der Waals surface area contributed by atoms with Crippen molar-refractivity contribution in [1.82, 2.24) is 5.32 Å². The molecule has 0 radical (unpaired) electrons. The molecule has 10 heteroatoms. The van der Waals surface area contributed by atoms with E-state index in [4.69, 9.17) is 14.8 Å². The molecular formula is C40H77N2O7P. The van der Waals surface area contributed by atoms with E-state index >= 15 is 0 Å². The minimum atomic E-state index is -4.40. The monoisotopic (exact) mass is 729 g/mol. The van der Waals surface area contributed by atoms with Gasteiger partial charge in [0.15, 0.2) is 0 Å². The summed E-state index contributed by atoms with van der Waals surface area (Å²) >= 11 is 0. The first-order valence-corrected chi connectivity index (χ1v) is 21.7. The van der Waals surface area contributed by atoms with Crippen LogP contribution in [0.1, 0.15) is 174 Å². The Hall–Kier alpha value is -1.32. The summed E-state index contributed by atoms with van der Waals surface area (Å²) in [7, 11) is -4.40. The molecule has 0 heterocycles. The predicted octanol–water partition coefficient (Wildman–Crippen LogP) is 9.75. The molecule has 1 amide bonds. The van der Waals surface area contributed by atoms with E-state index in [0.717, 1.165) is 44.9 Å². The molecule has 0 aromatic heterocycles. The molecule has 0 saturated carbocycles. The van der Waals surface area contributed by atoms with Crippen LogP contribution in [0, 0.1) is 0 Å². The largest absolute Gasteiger partial charge is 0.472 e. The number of nitrogens with two attached hydrogens (primary N) is 1. The van der Waals surface area contributed by atoms with Crippen LogP contribution in [0.5, 0.6) is 0 Å². The number of unbranched alkanes of at least 4 members (excludes halogenated alkanes) is 19. The van der Waals surface area contributed by atoms with Gasteiger partial charge in [0.25, 0.3) is 0 Å². The lowest BCUT2D eigenvalue weighted by atomic mass is 10.0. The van der Waals surface area contributed by atoms with Gasteiger partial charge in [-0.15, -0.1) is 0 Å². The van der Waals surface area contributed by atoms with E-state index in [-0.39, 0.29) is 19.6 Å². The number of hydrogen-bond donors (Lipinski definition) is 5. The Morgan fingerprint density at radius 3 is 1.66 bits per heavy atom. The molecule has 0 aromatic carbocycles. The number of phosphoric acid groups is 1. The first-order valence-electron chi connectivity index (χ1n) is 20.2. The van der Waals surface area contributed by atoms with Gasteiger partial charge in [0, 0.05) is 6.54 Å². The Labute approximate surface area is 306 Å². The van der Waals surface area contributed by atoms with E-state index in [0.29, 0.717) is 12.8 Å². The van der Waals surface area contributed by atoms with E-state index in [1.807, 2.05) is 6.08 Å². The lowest BCUT2D eigenvalue weighted by molar-refractivity contribution is -0.124. The van der Waals surface area contributed by atoms with Crippen LogP contribution >= 0.6 is 7.82 Å². The van der Waals surface area contributed by atoms with Crippen molar-refractivity contribution in [1.29, 1.82) is 0 Å². The zero-order chi connectivity index (χ0) is 37.0. The number of allylic oxidation sites excluding steroid dienone is 5. The second-order valence-corrected chi connectivity index (χ2v) is 15.1. The smallest absolute Gasteiger partial charge is 0.393 e. The van der Waals surface area contributed by atoms with Gasteiger partial charge in [-0.2, -0.15) is 0 Å². The van der Waals surface area contributed by atoms with Crippen molar-refractivity contribution in [2.75, 3.05) is 19.8 Å². The first kappa shape index (κ1) is 48.7. The Balaban J connectivity index is 4.38. The van der Waals surface area contributed by atoms with Crippen LogP contribution in [0.2, 0.25) is 0 Å². The average Bonchev–Trinajstić information content (AvgIpc) is 3.09. The van der Waals surface area contributed by atoms with Gasteiger partial charge in [0.2, 0.25) is 5.91 Å². The van der Waals surface area contributed by atoms with Gasteiger partial charge in [-0.05, 0) is 44.9 Å². The number of rotatable bonds is 37. The number of phosphoric ester groups is 1. The number of carbonyl (C=O) groups is 1. The Bertz CT molecular complexity index is 899. The van der Waals surface area contributed by atoms with Gasteiger partial charge in [-0.25, -0.2) is 4.57 Å². The molecule has 294 valence electrons. The van der Waals surface area contributed by atoms with E-state index in [9.17, 15) is 24.5 Å². The fourth-order valence-corrected chi connectivity index (χ4v) is 6.44. The topological polar surface area (TPSA) is 151 Å². The molecule has 50 heavy (non-hydrogen) atoms. The van der Waals surface area contributed by atoms with Crippen molar-refractivity contribution in [3.63, 3.8) is 0 Å². The minimum Gasteiger partial charge on any atom is -0.393 e. The third-order valence-corrected chi connectivity index (χ3v) is 9.74. The van der Waals surface area contributed by atoms with Gasteiger partial charge in [0.05, 0.1) is 37.9 Å². The predicted molar refractivity (Wildman–Crippen MR) is 209 cm³/mol. The first-order chi connectivity index (χ1) is 24.3. The SMILES string of the molecule is CCCCCCCCCCCCC/C=C/CC/C=C/CC/C=C/C(O)C(COP(=O)(O)OCCN)NC(=O)CC(O)CCCCCCCCC. The molecule has 0 rings (SSSR count).